The van der Waals surface area contributed by atoms with Crippen molar-refractivity contribution in [3.05, 3.63) is 29.3 Å². The first-order valence-electron chi connectivity index (χ1n) is 6.32. The Labute approximate surface area is 118 Å². The first kappa shape index (κ1) is 15.8. The zero-order valence-electron chi connectivity index (χ0n) is 12.3. The zero-order valence-corrected chi connectivity index (χ0v) is 12.3. The number of amides is 1. The van der Waals surface area contributed by atoms with Crippen molar-refractivity contribution in [1.29, 1.82) is 0 Å². The van der Waals surface area contributed by atoms with Crippen LogP contribution in [-0.2, 0) is 0 Å². The number of hydrogen-bond acceptors (Lipinski definition) is 4. The highest BCUT2D eigenvalue weighted by molar-refractivity contribution is 5.97. The van der Waals surface area contributed by atoms with E-state index in [0.717, 1.165) is 5.56 Å². The third-order valence-electron chi connectivity index (χ3n) is 3.00. The fraction of sp³-hybridized carbons (Fsp3) is 0.429. The van der Waals surface area contributed by atoms with Crippen LogP contribution in [0.4, 0.5) is 0 Å². The quantitative estimate of drug-likeness (QED) is 0.371. The van der Waals surface area contributed by atoms with E-state index in [4.69, 9.17) is 15.7 Å². The van der Waals surface area contributed by atoms with Crippen molar-refractivity contribution in [2.45, 2.75) is 26.8 Å². The molecule has 0 saturated carbocycles. The Hall–Kier alpha value is -2.24. The first-order chi connectivity index (χ1) is 9.40. The number of carbonyl (C=O) groups is 1. The van der Waals surface area contributed by atoms with Gasteiger partial charge in [0.15, 0.2) is 5.84 Å². The van der Waals surface area contributed by atoms with Crippen molar-refractivity contribution in [2.24, 2.45) is 10.9 Å². The molecule has 3 N–H and O–H groups in total. The van der Waals surface area contributed by atoms with Crippen molar-refractivity contribution in [3.8, 4) is 5.75 Å². The molecule has 20 heavy (non-hydrogen) atoms. The minimum Gasteiger partial charge on any atom is -0.496 e. The summed E-state index contributed by atoms with van der Waals surface area (Å²) in [5, 5.41) is 11.6. The van der Waals surface area contributed by atoms with E-state index in [1.54, 1.807) is 19.2 Å². The molecule has 1 amide bonds. The summed E-state index contributed by atoms with van der Waals surface area (Å²) < 4.78 is 5.22. The standard InChI is InChI=1S/C14H21N3O3/c1-9(2)17(8-13(15)16-19)14(18)11-6-5-10(3)12(7-11)20-4/h5-7,9,19H,8H2,1-4H3,(H2,15,16). The Bertz CT molecular complexity index is 512. The molecule has 1 rings (SSSR count). The van der Waals surface area contributed by atoms with Crippen LogP contribution in [0.5, 0.6) is 5.75 Å². The van der Waals surface area contributed by atoms with Crippen LogP contribution in [0.25, 0.3) is 0 Å². The van der Waals surface area contributed by atoms with E-state index >= 15 is 0 Å². The molecule has 0 spiro atoms. The van der Waals surface area contributed by atoms with E-state index in [1.807, 2.05) is 26.8 Å². The highest BCUT2D eigenvalue weighted by atomic mass is 16.5. The molecule has 0 aliphatic carbocycles. The van der Waals surface area contributed by atoms with Crippen molar-refractivity contribution < 1.29 is 14.7 Å². The van der Waals surface area contributed by atoms with Gasteiger partial charge in [-0.15, -0.1) is 0 Å². The lowest BCUT2D eigenvalue weighted by Crippen LogP contribution is -2.42. The molecule has 0 aromatic heterocycles. The predicted molar refractivity (Wildman–Crippen MR) is 77.3 cm³/mol. The van der Waals surface area contributed by atoms with Gasteiger partial charge in [0, 0.05) is 11.6 Å². The number of amidine groups is 1. The smallest absolute Gasteiger partial charge is 0.254 e. The van der Waals surface area contributed by atoms with Gasteiger partial charge in [-0.2, -0.15) is 0 Å². The molecular formula is C14H21N3O3. The van der Waals surface area contributed by atoms with Crippen LogP contribution in [-0.4, -0.2) is 41.5 Å². The topological polar surface area (TPSA) is 88.2 Å². The van der Waals surface area contributed by atoms with E-state index in [1.165, 1.54) is 4.90 Å². The monoisotopic (exact) mass is 279 g/mol. The van der Waals surface area contributed by atoms with Gasteiger partial charge in [0.25, 0.3) is 5.91 Å². The SMILES string of the molecule is COc1cc(C(=O)N(CC(N)=NO)C(C)C)ccc1C. The van der Waals surface area contributed by atoms with E-state index in [9.17, 15) is 4.79 Å². The molecule has 0 heterocycles. The molecule has 1 aromatic rings. The van der Waals surface area contributed by atoms with Crippen LogP contribution >= 0.6 is 0 Å². The summed E-state index contributed by atoms with van der Waals surface area (Å²) in [6.45, 7) is 5.72. The van der Waals surface area contributed by atoms with Gasteiger partial charge >= 0.3 is 0 Å². The fourth-order valence-electron chi connectivity index (χ4n) is 1.81. The number of oxime groups is 1. The molecule has 0 radical (unpaired) electrons. The van der Waals surface area contributed by atoms with E-state index in [2.05, 4.69) is 5.16 Å². The van der Waals surface area contributed by atoms with E-state index < -0.39 is 0 Å². The van der Waals surface area contributed by atoms with Gasteiger partial charge in [-0.3, -0.25) is 4.79 Å². The largest absolute Gasteiger partial charge is 0.496 e. The minimum atomic E-state index is -0.190. The van der Waals surface area contributed by atoms with Crippen LogP contribution in [0.1, 0.15) is 29.8 Å². The summed E-state index contributed by atoms with van der Waals surface area (Å²) in [6.07, 6.45) is 0. The molecule has 110 valence electrons. The molecule has 6 nitrogen and oxygen atoms in total. The molecular weight excluding hydrogens is 258 g/mol. The Morgan fingerprint density at radius 3 is 2.65 bits per heavy atom. The van der Waals surface area contributed by atoms with Gasteiger partial charge in [0.2, 0.25) is 0 Å². The predicted octanol–water partition coefficient (Wildman–Crippen LogP) is 1.60. The number of nitrogens with zero attached hydrogens (tertiary/aromatic N) is 2. The maximum absolute atomic E-state index is 12.5. The summed E-state index contributed by atoms with van der Waals surface area (Å²) in [5.74, 6) is 0.458. The molecule has 6 heteroatoms. The second-order valence-electron chi connectivity index (χ2n) is 4.80. The van der Waals surface area contributed by atoms with Gasteiger partial charge in [-0.25, -0.2) is 0 Å². The number of carbonyl (C=O) groups excluding carboxylic acids is 1. The lowest BCUT2D eigenvalue weighted by atomic mass is 10.1. The maximum atomic E-state index is 12.5. The van der Waals surface area contributed by atoms with Crippen LogP contribution in [0.2, 0.25) is 0 Å². The molecule has 0 saturated heterocycles. The molecule has 0 aliphatic rings. The average Bonchev–Trinajstić information content (AvgIpc) is 2.43. The van der Waals surface area contributed by atoms with Gasteiger partial charge in [0.05, 0.1) is 13.7 Å². The first-order valence-corrected chi connectivity index (χ1v) is 6.32. The second-order valence-corrected chi connectivity index (χ2v) is 4.80. The van der Waals surface area contributed by atoms with E-state index in [-0.39, 0.29) is 24.3 Å². The van der Waals surface area contributed by atoms with Gasteiger partial charge in [0.1, 0.15) is 5.75 Å². The van der Waals surface area contributed by atoms with Crippen LogP contribution in [0.3, 0.4) is 0 Å². The summed E-state index contributed by atoms with van der Waals surface area (Å²) in [5.41, 5.74) is 6.95. The Morgan fingerprint density at radius 1 is 1.50 bits per heavy atom. The second kappa shape index (κ2) is 6.79. The van der Waals surface area contributed by atoms with Crippen molar-refractivity contribution in [2.75, 3.05) is 13.7 Å². The lowest BCUT2D eigenvalue weighted by Gasteiger charge is -2.26. The number of hydrogen-bond donors (Lipinski definition) is 2. The molecule has 0 unspecified atom stereocenters. The van der Waals surface area contributed by atoms with Crippen molar-refractivity contribution in [3.63, 3.8) is 0 Å². The third-order valence-corrected chi connectivity index (χ3v) is 3.00. The fourth-order valence-corrected chi connectivity index (χ4v) is 1.81. The number of benzene rings is 1. The summed E-state index contributed by atoms with van der Waals surface area (Å²) in [6, 6.07) is 5.19. The summed E-state index contributed by atoms with van der Waals surface area (Å²) in [7, 11) is 1.56. The number of ether oxygens (including phenoxy) is 1. The Kier molecular flexibility index (Phi) is 5.37. The highest BCUT2D eigenvalue weighted by Gasteiger charge is 2.20. The number of methoxy groups -OCH3 is 1. The summed E-state index contributed by atoms with van der Waals surface area (Å²) >= 11 is 0. The molecule has 0 fully saturated rings. The Morgan fingerprint density at radius 2 is 2.15 bits per heavy atom. The molecule has 0 atom stereocenters. The van der Waals surface area contributed by atoms with Gasteiger partial charge in [-0.05, 0) is 38.5 Å². The van der Waals surface area contributed by atoms with Crippen LogP contribution in [0, 0.1) is 6.92 Å². The van der Waals surface area contributed by atoms with Crippen molar-refractivity contribution >= 4 is 11.7 Å². The zero-order chi connectivity index (χ0) is 15.3. The number of aryl methyl sites for hydroxylation is 1. The maximum Gasteiger partial charge on any atom is 0.254 e. The van der Waals surface area contributed by atoms with Crippen molar-refractivity contribution in [1.82, 2.24) is 4.90 Å². The Balaban J connectivity index is 3.06. The normalized spacial score (nSPS) is 11.6. The molecule has 1 aromatic carbocycles. The number of rotatable bonds is 5. The molecule has 0 bridgehead atoms. The summed E-state index contributed by atoms with van der Waals surface area (Å²) in [4.78, 5) is 14.0. The van der Waals surface area contributed by atoms with E-state index in [0.29, 0.717) is 11.3 Å². The third kappa shape index (κ3) is 3.63. The van der Waals surface area contributed by atoms with Gasteiger partial charge in [-0.1, -0.05) is 11.2 Å². The lowest BCUT2D eigenvalue weighted by molar-refractivity contribution is 0.0733. The van der Waals surface area contributed by atoms with Crippen LogP contribution in [0.15, 0.2) is 23.4 Å². The highest BCUT2D eigenvalue weighted by Crippen LogP contribution is 2.20. The molecule has 0 aliphatic heterocycles. The minimum absolute atomic E-state index is 0.00822. The number of nitrogens with two attached hydrogens (primary N) is 1. The van der Waals surface area contributed by atoms with Crippen LogP contribution < -0.4 is 10.5 Å². The van der Waals surface area contributed by atoms with Gasteiger partial charge < -0.3 is 20.6 Å². The average molecular weight is 279 g/mol.